The number of rotatable bonds is 5. The number of benzene rings is 2. The van der Waals surface area contributed by atoms with Crippen molar-refractivity contribution in [1.82, 2.24) is 5.32 Å². The molecule has 1 saturated heterocycles. The van der Waals surface area contributed by atoms with Crippen LogP contribution in [0.3, 0.4) is 0 Å². The van der Waals surface area contributed by atoms with E-state index in [9.17, 15) is 4.79 Å². The third-order valence-corrected chi connectivity index (χ3v) is 6.29. The van der Waals surface area contributed by atoms with Crippen LogP contribution >= 0.6 is 12.4 Å². The number of carbonyl (C=O) groups is 1. The van der Waals surface area contributed by atoms with Gasteiger partial charge in [0.2, 0.25) is 0 Å². The molecule has 2 atom stereocenters. The molecule has 1 saturated carbocycles. The number of ketones is 1. The van der Waals surface area contributed by atoms with E-state index >= 15 is 0 Å². The maximum absolute atomic E-state index is 12.9. The average Bonchev–Trinajstić information content (AvgIpc) is 3.20. The molecule has 2 aromatic rings. The minimum atomic E-state index is 0. The number of nitrogens with one attached hydrogen (secondary N) is 1. The summed E-state index contributed by atoms with van der Waals surface area (Å²) in [6, 6.07) is 19.4. The quantitative estimate of drug-likeness (QED) is 0.761. The van der Waals surface area contributed by atoms with Gasteiger partial charge in [-0.1, -0.05) is 73.9 Å². The molecule has 2 fully saturated rings. The Bertz CT molecular complexity index is 722. The van der Waals surface area contributed by atoms with Crippen LogP contribution in [0, 0.1) is 5.92 Å². The third-order valence-electron chi connectivity index (χ3n) is 6.29. The molecule has 0 amide bonds. The van der Waals surface area contributed by atoms with Crippen molar-refractivity contribution in [2.75, 3.05) is 13.1 Å². The summed E-state index contributed by atoms with van der Waals surface area (Å²) < 4.78 is 0. The maximum Gasteiger partial charge on any atom is 0.142 e. The molecule has 0 bridgehead atoms. The molecule has 1 N–H and O–H groups in total. The van der Waals surface area contributed by atoms with Crippen LogP contribution < -0.4 is 5.32 Å². The fourth-order valence-corrected chi connectivity index (χ4v) is 4.74. The van der Waals surface area contributed by atoms with E-state index in [4.69, 9.17) is 0 Å². The summed E-state index contributed by atoms with van der Waals surface area (Å²) in [6.07, 6.45) is 7.32. The van der Waals surface area contributed by atoms with E-state index in [0.29, 0.717) is 18.1 Å². The molecule has 0 spiro atoms. The van der Waals surface area contributed by atoms with Crippen molar-refractivity contribution >= 4 is 18.2 Å². The van der Waals surface area contributed by atoms with Crippen molar-refractivity contribution in [1.29, 1.82) is 0 Å². The van der Waals surface area contributed by atoms with Crippen molar-refractivity contribution < 1.29 is 4.79 Å². The second kappa shape index (κ2) is 9.52. The lowest BCUT2D eigenvalue weighted by Gasteiger charge is -2.22. The molecule has 2 nitrogen and oxygen atoms in total. The molecule has 0 unspecified atom stereocenters. The first-order valence-electron chi connectivity index (χ1n) is 10.2. The van der Waals surface area contributed by atoms with Gasteiger partial charge in [-0.2, -0.15) is 0 Å². The topological polar surface area (TPSA) is 29.1 Å². The van der Waals surface area contributed by atoms with Crippen LogP contribution in [0.1, 0.15) is 60.6 Å². The second-order valence-electron chi connectivity index (χ2n) is 8.00. The monoisotopic (exact) mass is 383 g/mol. The summed E-state index contributed by atoms with van der Waals surface area (Å²) in [7, 11) is 0. The van der Waals surface area contributed by atoms with Crippen LogP contribution in [0.15, 0.2) is 54.6 Å². The summed E-state index contributed by atoms with van der Waals surface area (Å²) in [5.41, 5.74) is 3.90. The summed E-state index contributed by atoms with van der Waals surface area (Å²) in [4.78, 5) is 12.9. The summed E-state index contributed by atoms with van der Waals surface area (Å²) in [6.45, 7) is 1.71. The van der Waals surface area contributed by atoms with Crippen molar-refractivity contribution in [2.45, 2.75) is 50.4 Å². The van der Waals surface area contributed by atoms with Crippen molar-refractivity contribution in [3.05, 3.63) is 71.3 Å². The van der Waals surface area contributed by atoms with E-state index in [0.717, 1.165) is 24.6 Å². The van der Waals surface area contributed by atoms with Gasteiger partial charge in [-0.25, -0.2) is 0 Å². The standard InChI is InChI=1S/C24H29NO.ClH/c26-24(23-17-25-16-22(23)21-9-5-2-6-10-21)15-18-11-13-20(14-12-18)19-7-3-1-4-8-19;/h2,5-6,9-14,19,22-23,25H,1,3-4,7-8,15-17H2;1H/t22-,23+;/m0./s1. The smallest absolute Gasteiger partial charge is 0.142 e. The van der Waals surface area contributed by atoms with Gasteiger partial charge in [0, 0.05) is 31.3 Å². The highest BCUT2D eigenvalue weighted by molar-refractivity contribution is 5.85. The van der Waals surface area contributed by atoms with E-state index in [1.54, 1.807) is 0 Å². The predicted octanol–water partition coefficient (Wildman–Crippen LogP) is 5.27. The van der Waals surface area contributed by atoms with Gasteiger partial charge >= 0.3 is 0 Å². The van der Waals surface area contributed by atoms with Gasteiger partial charge in [0.25, 0.3) is 0 Å². The van der Waals surface area contributed by atoms with Gasteiger partial charge in [0.05, 0.1) is 0 Å². The molecule has 3 heteroatoms. The SMILES string of the molecule is Cl.O=C(Cc1ccc(C2CCCCC2)cc1)[C@@H]1CNC[C@H]1c1ccccc1. The molecular formula is C24H30ClNO. The zero-order valence-corrected chi connectivity index (χ0v) is 16.7. The molecule has 27 heavy (non-hydrogen) atoms. The highest BCUT2D eigenvalue weighted by atomic mass is 35.5. The molecule has 144 valence electrons. The Balaban J connectivity index is 0.00000210. The fourth-order valence-electron chi connectivity index (χ4n) is 4.74. The molecule has 4 rings (SSSR count). The number of halogens is 1. The lowest BCUT2D eigenvalue weighted by Crippen LogP contribution is -2.23. The molecule has 1 heterocycles. The Kier molecular flexibility index (Phi) is 7.09. The molecule has 0 aromatic heterocycles. The molecule has 1 aliphatic heterocycles. The van der Waals surface area contributed by atoms with Gasteiger partial charge in [-0.3, -0.25) is 4.79 Å². The van der Waals surface area contributed by atoms with E-state index < -0.39 is 0 Å². The van der Waals surface area contributed by atoms with E-state index in [2.05, 4.69) is 53.8 Å². The van der Waals surface area contributed by atoms with Gasteiger partial charge in [-0.05, 0) is 35.4 Å². The van der Waals surface area contributed by atoms with Gasteiger partial charge in [0.15, 0.2) is 0 Å². The summed E-state index contributed by atoms with van der Waals surface area (Å²) in [5, 5.41) is 3.42. The van der Waals surface area contributed by atoms with E-state index in [1.165, 1.54) is 43.2 Å². The molecule has 0 radical (unpaired) electrons. The van der Waals surface area contributed by atoms with Crippen molar-refractivity contribution in [3.63, 3.8) is 0 Å². The number of carbonyl (C=O) groups excluding carboxylic acids is 1. The summed E-state index contributed by atoms with van der Waals surface area (Å²) >= 11 is 0. The van der Waals surface area contributed by atoms with Crippen molar-refractivity contribution in [3.8, 4) is 0 Å². The van der Waals surface area contributed by atoms with Gasteiger partial charge in [0.1, 0.15) is 5.78 Å². The Hall–Kier alpha value is -1.64. The van der Waals surface area contributed by atoms with Crippen LogP contribution in [-0.4, -0.2) is 18.9 Å². The third kappa shape index (κ3) is 4.80. The zero-order valence-electron chi connectivity index (χ0n) is 15.9. The van der Waals surface area contributed by atoms with Crippen LogP contribution in [0.2, 0.25) is 0 Å². The van der Waals surface area contributed by atoms with E-state index in [-0.39, 0.29) is 18.3 Å². The van der Waals surface area contributed by atoms with Crippen LogP contribution in [0.5, 0.6) is 0 Å². The lowest BCUT2D eigenvalue weighted by atomic mass is 9.82. The minimum Gasteiger partial charge on any atom is -0.315 e. The molecule has 1 aliphatic carbocycles. The Labute approximate surface area is 169 Å². The number of hydrogen-bond acceptors (Lipinski definition) is 2. The van der Waals surface area contributed by atoms with Gasteiger partial charge < -0.3 is 5.32 Å². The first-order valence-corrected chi connectivity index (χ1v) is 10.2. The Morgan fingerprint density at radius 3 is 2.26 bits per heavy atom. The fraction of sp³-hybridized carbons (Fsp3) is 0.458. The second-order valence-corrected chi connectivity index (χ2v) is 8.00. The zero-order chi connectivity index (χ0) is 17.8. The van der Waals surface area contributed by atoms with Crippen LogP contribution in [-0.2, 0) is 11.2 Å². The Morgan fingerprint density at radius 1 is 0.852 bits per heavy atom. The normalized spacial score (nSPS) is 23.0. The molecule has 2 aromatic carbocycles. The Morgan fingerprint density at radius 2 is 1.56 bits per heavy atom. The molecular weight excluding hydrogens is 354 g/mol. The first kappa shape index (κ1) is 20.1. The van der Waals surface area contributed by atoms with Gasteiger partial charge in [-0.15, -0.1) is 12.4 Å². The lowest BCUT2D eigenvalue weighted by molar-refractivity contribution is -0.122. The van der Waals surface area contributed by atoms with Crippen molar-refractivity contribution in [2.24, 2.45) is 5.92 Å². The highest BCUT2D eigenvalue weighted by Gasteiger charge is 2.33. The largest absolute Gasteiger partial charge is 0.315 e. The first-order chi connectivity index (χ1) is 12.8. The predicted molar refractivity (Wildman–Crippen MR) is 114 cm³/mol. The van der Waals surface area contributed by atoms with E-state index in [1.807, 2.05) is 6.07 Å². The maximum atomic E-state index is 12.9. The van der Waals surface area contributed by atoms with Crippen LogP contribution in [0.4, 0.5) is 0 Å². The molecule has 2 aliphatic rings. The number of hydrogen-bond donors (Lipinski definition) is 1. The number of Topliss-reactive ketones (excluding diaryl/α,β-unsaturated/α-hetero) is 1. The highest BCUT2D eigenvalue weighted by Crippen LogP contribution is 2.33. The van der Waals surface area contributed by atoms with Crippen LogP contribution in [0.25, 0.3) is 0 Å². The summed E-state index contributed by atoms with van der Waals surface area (Å²) in [5.74, 6) is 1.50. The minimum absolute atomic E-state index is 0. The average molecular weight is 384 g/mol.